The summed E-state index contributed by atoms with van der Waals surface area (Å²) in [5.41, 5.74) is 6.43. The molecule has 9 heavy (non-hydrogen) atoms. The molecule has 0 heterocycles. The quantitative estimate of drug-likeness (QED) is 0.428. The molecule has 0 aromatic carbocycles. The molecular formula is C6H7ClNO. The summed E-state index contributed by atoms with van der Waals surface area (Å²) in [5, 5.41) is 0.468. The summed E-state index contributed by atoms with van der Waals surface area (Å²) >= 11 is 5.45. The molecule has 0 aliphatic carbocycles. The highest BCUT2D eigenvalue weighted by Gasteiger charge is 1.84. The van der Waals surface area contributed by atoms with Gasteiger partial charge in [0, 0.05) is 11.1 Å². The Bertz CT molecular complexity index is 160. The van der Waals surface area contributed by atoms with Gasteiger partial charge in [0.05, 0.1) is 0 Å². The first-order valence-electron chi connectivity index (χ1n) is 2.42. The molecule has 0 fully saturated rings. The number of rotatable bonds is 2. The fourth-order valence-electron chi connectivity index (χ4n) is 0.252. The minimum absolute atomic E-state index is 0.468. The zero-order valence-corrected chi connectivity index (χ0v) is 5.77. The van der Waals surface area contributed by atoms with Crippen molar-refractivity contribution >= 4 is 17.5 Å². The molecule has 0 saturated heterocycles. The summed E-state index contributed by atoms with van der Waals surface area (Å²) in [6.45, 7) is 1.75. The van der Waals surface area contributed by atoms with Crippen molar-refractivity contribution in [2.24, 2.45) is 0 Å². The van der Waals surface area contributed by atoms with E-state index in [4.69, 9.17) is 17.3 Å². The normalized spacial score (nSPS) is 12.4. The molecule has 2 nitrogen and oxygen atoms in total. The topological polar surface area (TPSA) is 40.9 Å². The van der Waals surface area contributed by atoms with Gasteiger partial charge in [0.2, 0.25) is 0 Å². The SMILES string of the molecule is C/C=C(Cl)/C=C/C([NH])=O. The standard InChI is InChI=1S/C6H7ClNO/c1-2-5(7)3-4-6(8)9/h2-4,8H,1H3/b4-3+,5-2-. The first kappa shape index (κ1) is 8.24. The molecule has 0 rings (SSSR count). The fraction of sp³-hybridized carbons (Fsp3) is 0.167. The second-order valence-corrected chi connectivity index (χ2v) is 1.81. The van der Waals surface area contributed by atoms with Crippen molar-refractivity contribution in [3.05, 3.63) is 23.3 Å². The van der Waals surface area contributed by atoms with Crippen LogP contribution >= 0.6 is 11.6 Å². The van der Waals surface area contributed by atoms with Crippen LogP contribution in [-0.4, -0.2) is 5.91 Å². The predicted octanol–water partition coefficient (Wildman–Crippen LogP) is 1.49. The lowest BCUT2D eigenvalue weighted by molar-refractivity contribution is -0.114. The van der Waals surface area contributed by atoms with Crippen LogP contribution in [0.25, 0.3) is 0 Å². The molecule has 1 amide bonds. The minimum Gasteiger partial charge on any atom is -0.268 e. The number of hydrogen-bond donors (Lipinski definition) is 0. The Morgan fingerprint density at radius 1 is 1.56 bits per heavy atom. The molecule has 49 valence electrons. The van der Waals surface area contributed by atoms with Gasteiger partial charge in [0.25, 0.3) is 5.91 Å². The van der Waals surface area contributed by atoms with Crippen LogP contribution in [0, 0.1) is 0 Å². The van der Waals surface area contributed by atoms with Crippen molar-refractivity contribution in [2.75, 3.05) is 0 Å². The Hall–Kier alpha value is -0.760. The number of halogens is 1. The fourth-order valence-corrected chi connectivity index (χ4v) is 0.315. The Labute approximate surface area is 59.0 Å². The Morgan fingerprint density at radius 2 is 2.11 bits per heavy atom. The zero-order chi connectivity index (χ0) is 7.28. The molecule has 3 heteroatoms. The molecule has 0 unspecified atom stereocenters. The van der Waals surface area contributed by atoms with Crippen LogP contribution < -0.4 is 5.73 Å². The predicted molar refractivity (Wildman–Crippen MR) is 36.9 cm³/mol. The number of carbonyl (C=O) groups is 1. The summed E-state index contributed by atoms with van der Waals surface area (Å²) in [4.78, 5) is 9.96. The van der Waals surface area contributed by atoms with E-state index in [1.165, 1.54) is 6.08 Å². The van der Waals surface area contributed by atoms with Crippen molar-refractivity contribution < 1.29 is 4.79 Å². The highest BCUT2D eigenvalue weighted by molar-refractivity contribution is 6.31. The Kier molecular flexibility index (Phi) is 3.80. The van der Waals surface area contributed by atoms with E-state index in [9.17, 15) is 4.79 Å². The van der Waals surface area contributed by atoms with Crippen LogP contribution in [0.2, 0.25) is 0 Å². The molecule has 0 atom stereocenters. The molecular weight excluding hydrogens is 138 g/mol. The van der Waals surface area contributed by atoms with Crippen molar-refractivity contribution in [3.63, 3.8) is 0 Å². The van der Waals surface area contributed by atoms with Gasteiger partial charge in [0.15, 0.2) is 0 Å². The maximum absolute atomic E-state index is 9.96. The highest BCUT2D eigenvalue weighted by Crippen LogP contribution is 2.00. The van der Waals surface area contributed by atoms with E-state index in [2.05, 4.69) is 0 Å². The lowest BCUT2D eigenvalue weighted by Gasteiger charge is -1.80. The van der Waals surface area contributed by atoms with Crippen LogP contribution in [0.3, 0.4) is 0 Å². The van der Waals surface area contributed by atoms with Crippen molar-refractivity contribution in [1.29, 1.82) is 0 Å². The second-order valence-electron chi connectivity index (χ2n) is 1.37. The maximum atomic E-state index is 9.96. The van der Waals surface area contributed by atoms with Crippen molar-refractivity contribution in [1.82, 2.24) is 5.73 Å². The smallest absolute Gasteiger partial charge is 0.262 e. The summed E-state index contributed by atoms with van der Waals surface area (Å²) in [5.74, 6) is -0.741. The van der Waals surface area contributed by atoms with E-state index in [1.807, 2.05) is 0 Å². The lowest BCUT2D eigenvalue weighted by atomic mass is 10.4. The molecule has 0 aromatic heterocycles. The van der Waals surface area contributed by atoms with E-state index < -0.39 is 5.91 Å². The Balaban J connectivity index is 3.86. The van der Waals surface area contributed by atoms with Gasteiger partial charge in [-0.25, -0.2) is 0 Å². The average Bonchev–Trinajstić information content (AvgIpc) is 1.83. The molecule has 0 spiro atoms. The lowest BCUT2D eigenvalue weighted by Crippen LogP contribution is -1.88. The number of allylic oxidation sites excluding steroid dienone is 3. The Morgan fingerprint density at radius 3 is 2.44 bits per heavy atom. The van der Waals surface area contributed by atoms with E-state index in [-0.39, 0.29) is 0 Å². The maximum Gasteiger partial charge on any atom is 0.262 e. The van der Waals surface area contributed by atoms with Gasteiger partial charge in [0.1, 0.15) is 0 Å². The van der Waals surface area contributed by atoms with E-state index >= 15 is 0 Å². The van der Waals surface area contributed by atoms with Crippen LogP contribution in [0.15, 0.2) is 23.3 Å². The highest BCUT2D eigenvalue weighted by atomic mass is 35.5. The summed E-state index contributed by atoms with van der Waals surface area (Å²) in [6, 6.07) is 0. The van der Waals surface area contributed by atoms with Crippen LogP contribution in [0.5, 0.6) is 0 Å². The third-order valence-electron chi connectivity index (χ3n) is 0.670. The van der Waals surface area contributed by atoms with Crippen molar-refractivity contribution in [3.8, 4) is 0 Å². The van der Waals surface area contributed by atoms with Crippen molar-refractivity contribution in [2.45, 2.75) is 6.92 Å². The van der Waals surface area contributed by atoms with Gasteiger partial charge >= 0.3 is 0 Å². The largest absolute Gasteiger partial charge is 0.268 e. The molecule has 0 aromatic rings. The second kappa shape index (κ2) is 4.15. The molecule has 0 aliphatic rings. The van der Waals surface area contributed by atoms with E-state index in [0.717, 1.165) is 6.08 Å². The molecule has 0 saturated carbocycles. The molecule has 1 N–H and O–H groups in total. The number of carbonyl (C=O) groups excluding carboxylic acids is 1. The number of hydrogen-bond acceptors (Lipinski definition) is 1. The van der Waals surface area contributed by atoms with Crippen LogP contribution in [0.1, 0.15) is 6.92 Å². The summed E-state index contributed by atoms with van der Waals surface area (Å²) < 4.78 is 0. The third kappa shape index (κ3) is 5.11. The van der Waals surface area contributed by atoms with Gasteiger partial charge in [-0.15, -0.1) is 0 Å². The van der Waals surface area contributed by atoms with E-state index in [1.54, 1.807) is 13.0 Å². The van der Waals surface area contributed by atoms with Gasteiger partial charge in [-0.2, -0.15) is 0 Å². The number of nitrogens with one attached hydrogen (secondary N) is 1. The van der Waals surface area contributed by atoms with Gasteiger partial charge in [-0.3, -0.25) is 10.5 Å². The molecule has 1 radical (unpaired) electrons. The van der Waals surface area contributed by atoms with Crippen LogP contribution in [0.4, 0.5) is 0 Å². The number of amides is 1. The molecule has 0 aliphatic heterocycles. The first-order chi connectivity index (χ1) is 4.16. The average molecular weight is 145 g/mol. The van der Waals surface area contributed by atoms with Crippen LogP contribution in [-0.2, 0) is 4.79 Å². The zero-order valence-electron chi connectivity index (χ0n) is 5.02. The minimum atomic E-state index is -0.741. The summed E-state index contributed by atoms with van der Waals surface area (Å²) in [7, 11) is 0. The van der Waals surface area contributed by atoms with Gasteiger partial charge < -0.3 is 0 Å². The summed E-state index contributed by atoms with van der Waals surface area (Å²) in [6.07, 6.45) is 4.13. The monoisotopic (exact) mass is 144 g/mol. The molecule has 0 bridgehead atoms. The first-order valence-corrected chi connectivity index (χ1v) is 2.80. The van der Waals surface area contributed by atoms with Gasteiger partial charge in [-0.1, -0.05) is 17.7 Å². The third-order valence-corrected chi connectivity index (χ3v) is 1.01. The van der Waals surface area contributed by atoms with Gasteiger partial charge in [-0.05, 0) is 13.0 Å². The van der Waals surface area contributed by atoms with E-state index in [0.29, 0.717) is 5.03 Å².